The molecule has 0 spiro atoms. The fourth-order valence-electron chi connectivity index (χ4n) is 0.639. The lowest BCUT2D eigenvalue weighted by Crippen LogP contribution is -1.96. The lowest BCUT2D eigenvalue weighted by molar-refractivity contribution is 0.0691. The molecule has 0 aromatic carbocycles. The smallest absolute Gasteiger partial charge is 0.356 e. The molecule has 0 fully saturated rings. The number of imidazole rings is 1. The average Bonchev–Trinajstić information content (AvgIpc) is 2.37. The lowest BCUT2D eigenvalue weighted by Gasteiger charge is -1.87. The summed E-state index contributed by atoms with van der Waals surface area (Å²) in [6, 6.07) is 1.87. The topological polar surface area (TPSA) is 78.9 Å². The van der Waals surface area contributed by atoms with Gasteiger partial charge in [-0.2, -0.15) is 5.26 Å². The van der Waals surface area contributed by atoms with Crippen LogP contribution in [0.1, 0.15) is 10.5 Å². The number of nitrogens with zero attached hydrogens (tertiary/aromatic N) is 3. The second kappa shape index (κ2) is 2.84. The van der Waals surface area contributed by atoms with Gasteiger partial charge in [0.05, 0.1) is 12.4 Å². The van der Waals surface area contributed by atoms with E-state index in [-0.39, 0.29) is 12.2 Å². The van der Waals surface area contributed by atoms with E-state index in [1.165, 1.54) is 17.1 Å². The minimum absolute atomic E-state index is 0.0414. The van der Waals surface area contributed by atoms with Crippen LogP contribution in [-0.4, -0.2) is 20.6 Å². The first-order valence-corrected chi connectivity index (χ1v) is 2.86. The zero-order valence-corrected chi connectivity index (χ0v) is 5.56. The summed E-state index contributed by atoms with van der Waals surface area (Å²) < 4.78 is 1.41. The summed E-state index contributed by atoms with van der Waals surface area (Å²) in [7, 11) is 0. The first-order chi connectivity index (χ1) is 5.24. The SMILES string of the molecule is N#CCn1cnc(C(=O)O)c1. The van der Waals surface area contributed by atoms with Crippen LogP contribution >= 0.6 is 0 Å². The number of carboxylic acid groups (broad SMARTS) is 1. The van der Waals surface area contributed by atoms with Gasteiger partial charge in [0.2, 0.25) is 0 Å². The Bertz CT molecular complexity index is 310. The Morgan fingerprint density at radius 2 is 2.64 bits per heavy atom. The van der Waals surface area contributed by atoms with Crippen molar-refractivity contribution in [3.63, 3.8) is 0 Å². The third kappa shape index (κ3) is 1.55. The van der Waals surface area contributed by atoms with Crippen molar-refractivity contribution in [1.82, 2.24) is 9.55 Å². The highest BCUT2D eigenvalue weighted by Crippen LogP contribution is 1.94. The number of carboxylic acids is 1. The van der Waals surface area contributed by atoms with E-state index in [4.69, 9.17) is 10.4 Å². The van der Waals surface area contributed by atoms with Crippen molar-refractivity contribution >= 4 is 5.97 Å². The van der Waals surface area contributed by atoms with Crippen LogP contribution in [0.25, 0.3) is 0 Å². The van der Waals surface area contributed by atoms with Gasteiger partial charge in [-0.3, -0.25) is 0 Å². The van der Waals surface area contributed by atoms with Gasteiger partial charge in [0.15, 0.2) is 5.69 Å². The van der Waals surface area contributed by atoms with Gasteiger partial charge in [-0.05, 0) is 0 Å². The van der Waals surface area contributed by atoms with Gasteiger partial charge < -0.3 is 9.67 Å². The fourth-order valence-corrected chi connectivity index (χ4v) is 0.639. The molecule has 5 nitrogen and oxygen atoms in total. The predicted octanol–water partition coefficient (Wildman–Crippen LogP) is 0.105. The molecule has 0 atom stereocenters. The Hall–Kier alpha value is -1.83. The minimum Gasteiger partial charge on any atom is -0.476 e. The number of hydrogen-bond donors (Lipinski definition) is 1. The number of rotatable bonds is 2. The van der Waals surface area contributed by atoms with E-state index in [0.717, 1.165) is 0 Å². The molecule has 0 bridgehead atoms. The predicted molar refractivity (Wildman–Crippen MR) is 34.8 cm³/mol. The van der Waals surface area contributed by atoms with Crippen molar-refractivity contribution in [3.8, 4) is 6.07 Å². The van der Waals surface area contributed by atoms with E-state index in [2.05, 4.69) is 4.98 Å². The second-order valence-corrected chi connectivity index (χ2v) is 1.89. The molecule has 1 rings (SSSR count). The molecule has 0 saturated carbocycles. The third-order valence-corrected chi connectivity index (χ3v) is 1.11. The lowest BCUT2D eigenvalue weighted by atomic mass is 10.5. The molecule has 0 saturated heterocycles. The summed E-state index contributed by atoms with van der Waals surface area (Å²) in [4.78, 5) is 13.8. The van der Waals surface area contributed by atoms with Crippen LogP contribution in [0, 0.1) is 11.3 Å². The molecule has 0 unspecified atom stereocenters. The maximum Gasteiger partial charge on any atom is 0.356 e. The number of aromatic carboxylic acids is 1. The molecule has 1 heterocycles. The average molecular weight is 151 g/mol. The molecule has 5 heteroatoms. The van der Waals surface area contributed by atoms with E-state index >= 15 is 0 Å². The number of nitriles is 1. The van der Waals surface area contributed by atoms with Crippen LogP contribution in [-0.2, 0) is 6.54 Å². The Kier molecular flexibility index (Phi) is 1.88. The quantitative estimate of drug-likeness (QED) is 0.650. The number of hydrogen-bond acceptors (Lipinski definition) is 3. The fraction of sp³-hybridized carbons (Fsp3) is 0.167. The normalized spacial score (nSPS) is 9.00. The Morgan fingerprint density at radius 1 is 1.91 bits per heavy atom. The van der Waals surface area contributed by atoms with Crippen molar-refractivity contribution in [2.45, 2.75) is 6.54 Å². The molecule has 11 heavy (non-hydrogen) atoms. The van der Waals surface area contributed by atoms with Crippen LogP contribution in [0.4, 0.5) is 0 Å². The van der Waals surface area contributed by atoms with E-state index < -0.39 is 5.97 Å². The molecular formula is C6H5N3O2. The van der Waals surface area contributed by atoms with Gasteiger partial charge in [-0.15, -0.1) is 0 Å². The molecule has 1 aromatic rings. The van der Waals surface area contributed by atoms with Gasteiger partial charge >= 0.3 is 5.97 Å². The maximum absolute atomic E-state index is 10.3. The van der Waals surface area contributed by atoms with Crippen molar-refractivity contribution in [1.29, 1.82) is 5.26 Å². The molecule has 0 amide bonds. The summed E-state index contributed by atoms with van der Waals surface area (Å²) in [6.45, 7) is 0.125. The summed E-state index contributed by atoms with van der Waals surface area (Å²) in [5.74, 6) is -1.08. The van der Waals surface area contributed by atoms with Crippen molar-refractivity contribution < 1.29 is 9.90 Å². The van der Waals surface area contributed by atoms with E-state index in [9.17, 15) is 4.79 Å². The second-order valence-electron chi connectivity index (χ2n) is 1.89. The largest absolute Gasteiger partial charge is 0.476 e. The summed E-state index contributed by atoms with van der Waals surface area (Å²) in [6.07, 6.45) is 2.62. The molecule has 0 radical (unpaired) electrons. The van der Waals surface area contributed by atoms with Crippen LogP contribution in [0.15, 0.2) is 12.5 Å². The van der Waals surface area contributed by atoms with Crippen LogP contribution < -0.4 is 0 Å². The van der Waals surface area contributed by atoms with Crippen molar-refractivity contribution in [2.24, 2.45) is 0 Å². The summed E-state index contributed by atoms with van der Waals surface area (Å²) in [5, 5.41) is 16.6. The van der Waals surface area contributed by atoms with Gasteiger partial charge in [-0.25, -0.2) is 9.78 Å². The van der Waals surface area contributed by atoms with Crippen LogP contribution in [0.3, 0.4) is 0 Å². The molecule has 56 valence electrons. The van der Waals surface area contributed by atoms with E-state index in [1.807, 2.05) is 6.07 Å². The van der Waals surface area contributed by atoms with Crippen LogP contribution in [0.5, 0.6) is 0 Å². The van der Waals surface area contributed by atoms with Crippen molar-refractivity contribution in [2.75, 3.05) is 0 Å². The van der Waals surface area contributed by atoms with Gasteiger partial charge in [-0.1, -0.05) is 0 Å². The van der Waals surface area contributed by atoms with Gasteiger partial charge in [0.1, 0.15) is 6.54 Å². The Balaban J connectivity index is 2.83. The summed E-state index contributed by atoms with van der Waals surface area (Å²) >= 11 is 0. The zero-order chi connectivity index (χ0) is 8.27. The maximum atomic E-state index is 10.3. The zero-order valence-electron chi connectivity index (χ0n) is 5.56. The monoisotopic (exact) mass is 151 g/mol. The Labute approximate surface area is 62.5 Å². The minimum atomic E-state index is -1.08. The first-order valence-electron chi connectivity index (χ1n) is 2.86. The first kappa shape index (κ1) is 7.28. The van der Waals surface area contributed by atoms with Gasteiger partial charge in [0, 0.05) is 6.20 Å². The van der Waals surface area contributed by atoms with Crippen LogP contribution in [0.2, 0.25) is 0 Å². The third-order valence-electron chi connectivity index (χ3n) is 1.11. The molecule has 0 aliphatic heterocycles. The number of carbonyl (C=O) groups is 1. The standard InChI is InChI=1S/C6H5N3O2/c7-1-2-9-3-5(6(10)11)8-4-9/h3-4H,2H2,(H,10,11). The highest BCUT2D eigenvalue weighted by molar-refractivity contribution is 5.84. The van der Waals surface area contributed by atoms with E-state index in [0.29, 0.717) is 0 Å². The van der Waals surface area contributed by atoms with Crippen molar-refractivity contribution in [3.05, 3.63) is 18.2 Å². The molecule has 0 aliphatic carbocycles. The number of aromatic nitrogens is 2. The highest BCUT2D eigenvalue weighted by Gasteiger charge is 2.04. The molecule has 1 N–H and O–H groups in total. The molecule has 1 aromatic heterocycles. The van der Waals surface area contributed by atoms with E-state index in [1.54, 1.807) is 0 Å². The Morgan fingerprint density at radius 3 is 3.09 bits per heavy atom. The molecule has 0 aliphatic rings. The molecular weight excluding hydrogens is 146 g/mol. The van der Waals surface area contributed by atoms with Gasteiger partial charge in [0.25, 0.3) is 0 Å². The summed E-state index contributed by atoms with van der Waals surface area (Å²) in [5.41, 5.74) is -0.0414. The highest BCUT2D eigenvalue weighted by atomic mass is 16.4.